The average Bonchev–Trinajstić information content (AvgIpc) is 3.35. The minimum Gasteiger partial charge on any atom is -0.449 e. The molecule has 1 N–H and O–H groups in total. The molecule has 0 aliphatic heterocycles. The van der Waals surface area contributed by atoms with Gasteiger partial charge >= 0.3 is 12.3 Å². The van der Waals surface area contributed by atoms with E-state index in [4.69, 9.17) is 4.74 Å². The molecule has 4 rings (SSSR count). The zero-order valence-electron chi connectivity index (χ0n) is 16.4. The maximum absolute atomic E-state index is 12.5. The number of thiazole rings is 1. The number of alkyl halides is 3. The molecule has 4 nitrogen and oxygen atoms in total. The molecule has 1 amide bonds. The second-order valence-electron chi connectivity index (χ2n) is 7.01. The summed E-state index contributed by atoms with van der Waals surface area (Å²) in [5.41, 5.74) is 3.71. The Hall–Kier alpha value is -3.13. The Kier molecular flexibility index (Phi) is 6.08. The monoisotopic (exact) mass is 444 g/mol. The molecule has 2 aromatic carbocycles. The Morgan fingerprint density at radius 3 is 2.35 bits per heavy atom. The van der Waals surface area contributed by atoms with Crippen LogP contribution < -0.4 is 5.32 Å². The Labute approximate surface area is 181 Å². The van der Waals surface area contributed by atoms with Crippen LogP contribution >= 0.6 is 11.3 Å². The van der Waals surface area contributed by atoms with Crippen LogP contribution in [0, 0.1) is 0 Å². The van der Waals surface area contributed by atoms with Crippen LogP contribution in [-0.2, 0) is 10.9 Å². The van der Waals surface area contributed by atoms with Gasteiger partial charge in [0.1, 0.15) is 11.6 Å². The van der Waals surface area contributed by atoms with Crippen LogP contribution in [0.25, 0.3) is 17.2 Å². The van der Waals surface area contributed by atoms with E-state index in [0.717, 1.165) is 39.0 Å². The Balaban J connectivity index is 1.25. The van der Waals surface area contributed by atoms with Crippen LogP contribution in [0.5, 0.6) is 0 Å². The zero-order valence-corrected chi connectivity index (χ0v) is 17.2. The van der Waals surface area contributed by atoms with E-state index >= 15 is 0 Å². The molecule has 0 saturated heterocycles. The molecule has 31 heavy (non-hydrogen) atoms. The first-order valence-electron chi connectivity index (χ1n) is 9.71. The van der Waals surface area contributed by atoms with Gasteiger partial charge < -0.3 is 10.1 Å². The normalized spacial score (nSPS) is 13.3. The number of nitrogens with one attached hydrogen (secondary N) is 1. The molecule has 0 unspecified atom stereocenters. The van der Waals surface area contributed by atoms with Crippen molar-refractivity contribution in [1.29, 1.82) is 0 Å². The van der Waals surface area contributed by atoms with Crippen molar-refractivity contribution in [1.82, 2.24) is 10.3 Å². The van der Waals surface area contributed by atoms with Crippen molar-refractivity contribution in [3.8, 4) is 11.1 Å². The summed E-state index contributed by atoms with van der Waals surface area (Å²) < 4.78 is 43.1. The van der Waals surface area contributed by atoms with E-state index in [1.807, 2.05) is 24.3 Å². The third-order valence-corrected chi connectivity index (χ3v) is 5.81. The molecule has 0 atom stereocenters. The number of amides is 1. The average molecular weight is 444 g/mol. The fourth-order valence-electron chi connectivity index (χ4n) is 3.59. The number of aromatic nitrogens is 1. The molecule has 0 spiro atoms. The number of carbonyl (C=O) groups is 1. The van der Waals surface area contributed by atoms with E-state index in [9.17, 15) is 18.0 Å². The van der Waals surface area contributed by atoms with Crippen LogP contribution in [0.4, 0.5) is 18.0 Å². The fraction of sp³-hybridized carbons (Fsp3) is 0.217. The lowest BCUT2D eigenvalue weighted by Crippen LogP contribution is -2.26. The first-order valence-corrected chi connectivity index (χ1v) is 10.6. The number of nitrogens with zero attached hydrogens (tertiary/aromatic N) is 1. The van der Waals surface area contributed by atoms with Gasteiger partial charge in [-0.15, -0.1) is 11.3 Å². The standard InChI is InChI=1S/C23H19F3N2O2S/c24-23(25,26)20-14-31-21(28-20)11-5-6-12-27-22(29)30-13-19-17-9-3-1-7-15(17)16-8-2-4-10-18(16)19/h1-5,7-11,14,19H,6,12-13H2,(H,27,29). The lowest BCUT2D eigenvalue weighted by molar-refractivity contribution is -0.140. The number of fused-ring (bicyclic) bond motifs is 3. The van der Waals surface area contributed by atoms with Gasteiger partial charge in [0, 0.05) is 17.8 Å². The van der Waals surface area contributed by atoms with Crippen molar-refractivity contribution in [2.24, 2.45) is 0 Å². The Morgan fingerprint density at radius 2 is 1.74 bits per heavy atom. The van der Waals surface area contributed by atoms with E-state index in [-0.39, 0.29) is 17.5 Å². The highest BCUT2D eigenvalue weighted by Crippen LogP contribution is 2.44. The van der Waals surface area contributed by atoms with Crippen molar-refractivity contribution < 1.29 is 22.7 Å². The second kappa shape index (κ2) is 8.93. The fourth-order valence-corrected chi connectivity index (χ4v) is 4.33. The molecule has 3 aromatic rings. The number of rotatable bonds is 6. The lowest BCUT2D eigenvalue weighted by atomic mass is 9.98. The minimum atomic E-state index is -4.44. The predicted molar refractivity (Wildman–Crippen MR) is 114 cm³/mol. The van der Waals surface area contributed by atoms with Gasteiger partial charge in [0.05, 0.1) is 0 Å². The molecule has 0 bridgehead atoms. The lowest BCUT2D eigenvalue weighted by Gasteiger charge is -2.14. The van der Waals surface area contributed by atoms with Crippen molar-refractivity contribution in [3.63, 3.8) is 0 Å². The topological polar surface area (TPSA) is 51.2 Å². The van der Waals surface area contributed by atoms with E-state index in [1.165, 1.54) is 6.08 Å². The third kappa shape index (κ3) is 4.80. The van der Waals surface area contributed by atoms with Crippen LogP contribution in [0.2, 0.25) is 0 Å². The molecule has 8 heteroatoms. The van der Waals surface area contributed by atoms with Crippen molar-refractivity contribution in [2.75, 3.05) is 13.2 Å². The summed E-state index contributed by atoms with van der Waals surface area (Å²) in [7, 11) is 0. The smallest absolute Gasteiger partial charge is 0.434 e. The number of alkyl carbamates (subject to hydrolysis) is 1. The molecule has 0 fully saturated rings. The van der Waals surface area contributed by atoms with E-state index < -0.39 is 18.0 Å². The maximum atomic E-state index is 12.5. The summed E-state index contributed by atoms with van der Waals surface area (Å²) in [6, 6.07) is 16.2. The van der Waals surface area contributed by atoms with Crippen LogP contribution in [-0.4, -0.2) is 24.2 Å². The summed E-state index contributed by atoms with van der Waals surface area (Å²) in [6.45, 7) is 0.541. The molecule has 0 saturated carbocycles. The van der Waals surface area contributed by atoms with Gasteiger partial charge in [0.15, 0.2) is 5.69 Å². The van der Waals surface area contributed by atoms with Crippen LogP contribution in [0.1, 0.15) is 34.2 Å². The minimum absolute atomic E-state index is 0.00854. The van der Waals surface area contributed by atoms with Gasteiger partial charge in [-0.2, -0.15) is 13.2 Å². The molecule has 1 aliphatic rings. The predicted octanol–water partition coefficient (Wildman–Crippen LogP) is 6.10. The first kappa shape index (κ1) is 21.1. The number of ether oxygens (including phenoxy) is 1. The summed E-state index contributed by atoms with van der Waals surface area (Å²) in [4.78, 5) is 15.6. The van der Waals surface area contributed by atoms with Crippen molar-refractivity contribution in [2.45, 2.75) is 18.5 Å². The molecule has 160 valence electrons. The van der Waals surface area contributed by atoms with Crippen LogP contribution in [0.3, 0.4) is 0 Å². The summed E-state index contributed by atoms with van der Waals surface area (Å²) in [5.74, 6) is -0.00854. The van der Waals surface area contributed by atoms with E-state index in [0.29, 0.717) is 13.0 Å². The second-order valence-corrected chi connectivity index (χ2v) is 7.90. The molecule has 0 radical (unpaired) electrons. The highest BCUT2D eigenvalue weighted by atomic mass is 32.1. The maximum Gasteiger partial charge on any atom is 0.434 e. The summed E-state index contributed by atoms with van der Waals surface area (Å²) in [5, 5.41) is 3.91. The SMILES string of the molecule is O=C(NCCC=Cc1nc(C(F)(F)F)cs1)OCC1c2ccccc2-c2ccccc21. The van der Waals surface area contributed by atoms with E-state index in [2.05, 4.69) is 34.6 Å². The van der Waals surface area contributed by atoms with Gasteiger partial charge in [0.2, 0.25) is 0 Å². The quantitative estimate of drug-likeness (QED) is 0.467. The van der Waals surface area contributed by atoms with E-state index in [1.54, 1.807) is 6.08 Å². The molecular formula is C23H19F3N2O2S. The van der Waals surface area contributed by atoms with Crippen LogP contribution in [0.15, 0.2) is 60.0 Å². The van der Waals surface area contributed by atoms with Crippen molar-refractivity contribution in [3.05, 3.63) is 81.8 Å². The number of benzene rings is 2. The molecule has 1 aliphatic carbocycles. The largest absolute Gasteiger partial charge is 0.449 e. The number of carbonyl (C=O) groups excluding carboxylic acids is 1. The highest BCUT2D eigenvalue weighted by molar-refractivity contribution is 7.10. The van der Waals surface area contributed by atoms with Gasteiger partial charge in [0.25, 0.3) is 0 Å². The van der Waals surface area contributed by atoms with Gasteiger partial charge in [-0.3, -0.25) is 0 Å². The van der Waals surface area contributed by atoms with Gasteiger partial charge in [-0.1, -0.05) is 54.6 Å². The number of halogens is 3. The Bertz CT molecular complexity index is 1060. The first-order chi connectivity index (χ1) is 14.9. The molecule has 1 heterocycles. The summed E-state index contributed by atoms with van der Waals surface area (Å²) >= 11 is 0.922. The zero-order chi connectivity index (χ0) is 21.8. The third-order valence-electron chi connectivity index (χ3n) is 5.00. The molecular weight excluding hydrogens is 425 g/mol. The Morgan fingerprint density at radius 1 is 1.10 bits per heavy atom. The van der Waals surface area contributed by atoms with Crippen molar-refractivity contribution >= 4 is 23.5 Å². The number of hydrogen-bond donors (Lipinski definition) is 1. The van der Waals surface area contributed by atoms with Gasteiger partial charge in [-0.05, 0) is 34.8 Å². The number of hydrogen-bond acceptors (Lipinski definition) is 4. The molecule has 1 aromatic heterocycles. The summed E-state index contributed by atoms with van der Waals surface area (Å²) in [6.07, 6.45) is -1.33. The van der Waals surface area contributed by atoms with Gasteiger partial charge in [-0.25, -0.2) is 9.78 Å². The highest BCUT2D eigenvalue weighted by Gasteiger charge is 2.33.